The van der Waals surface area contributed by atoms with Gasteiger partial charge in [0.05, 0.1) is 24.0 Å². The molecular weight excluding hydrogens is 470 g/mol. The van der Waals surface area contributed by atoms with Crippen LogP contribution in [-0.4, -0.2) is 37.9 Å². The fraction of sp³-hybridized carbons (Fsp3) is 0.464. The van der Waals surface area contributed by atoms with Gasteiger partial charge in [-0.2, -0.15) is 0 Å². The Morgan fingerprint density at radius 1 is 1.08 bits per heavy atom. The van der Waals surface area contributed by atoms with Crippen molar-refractivity contribution in [2.24, 2.45) is 11.8 Å². The summed E-state index contributed by atoms with van der Waals surface area (Å²) in [4.78, 5) is 27.8. The van der Waals surface area contributed by atoms with Crippen LogP contribution in [0, 0.1) is 18.4 Å². The maximum atomic E-state index is 12.2. The second-order valence-corrected chi connectivity index (χ2v) is 16.4. The Labute approximate surface area is 214 Å². The van der Waals surface area contributed by atoms with Gasteiger partial charge in [0.15, 0.2) is 14.0 Å². The van der Waals surface area contributed by atoms with Crippen LogP contribution in [-0.2, 0) is 18.8 Å². The highest BCUT2D eigenvalue weighted by Crippen LogP contribution is 2.56. The standard InChI is InChI=1S/C17H27NO4Si.C11H8N2/c1-15(2,3)23(5,6)21-10-9-17-8-7-16(4,22-17)11-12(17)14(20)18-13(11)19;1-13-11-7-6-10(12)8-4-2-3-5-9(8)11/h7-8,11-12H,9-10H2,1-6H3,(H,18,19,20);2-7H,12H2/t11-,12+,16?,17?;/m1./s1. The molecule has 2 aromatic rings. The number of hydrogen-bond donors (Lipinski definition) is 2. The molecule has 3 aliphatic heterocycles. The van der Waals surface area contributed by atoms with Gasteiger partial charge >= 0.3 is 0 Å². The lowest BCUT2D eigenvalue weighted by Crippen LogP contribution is -2.44. The zero-order chi connectivity index (χ0) is 26.5. The van der Waals surface area contributed by atoms with Gasteiger partial charge in [0.1, 0.15) is 5.60 Å². The molecule has 0 spiro atoms. The molecule has 0 radical (unpaired) electrons. The lowest BCUT2D eigenvalue weighted by Gasteiger charge is -2.37. The summed E-state index contributed by atoms with van der Waals surface area (Å²) >= 11 is 0. The predicted octanol–water partition coefficient (Wildman–Crippen LogP) is 5.36. The zero-order valence-corrected chi connectivity index (χ0v) is 22.8. The Hall–Kier alpha value is -2.99. The molecule has 2 bridgehead atoms. The van der Waals surface area contributed by atoms with Crippen molar-refractivity contribution >= 4 is 42.3 Å². The lowest BCUT2D eigenvalue weighted by molar-refractivity contribution is -0.133. The summed E-state index contributed by atoms with van der Waals surface area (Å²) in [7, 11) is -1.84. The number of rotatable bonds is 4. The van der Waals surface area contributed by atoms with Crippen LogP contribution in [0.15, 0.2) is 48.6 Å². The number of ether oxygens (including phenoxy) is 1. The number of carbonyl (C=O) groups is 2. The molecule has 0 aliphatic carbocycles. The van der Waals surface area contributed by atoms with Gasteiger partial charge in [-0.1, -0.05) is 63.3 Å². The molecule has 0 saturated carbocycles. The van der Waals surface area contributed by atoms with Gasteiger partial charge < -0.3 is 14.9 Å². The second kappa shape index (κ2) is 8.84. The quantitative estimate of drug-likeness (QED) is 0.192. The molecular formula is C28H35N3O4Si. The summed E-state index contributed by atoms with van der Waals surface area (Å²) in [6, 6.07) is 11.2. The summed E-state index contributed by atoms with van der Waals surface area (Å²) in [6.07, 6.45) is 4.52. The van der Waals surface area contributed by atoms with Gasteiger partial charge in [-0.25, -0.2) is 4.85 Å². The van der Waals surface area contributed by atoms with Gasteiger partial charge in [-0.15, -0.1) is 0 Å². The van der Waals surface area contributed by atoms with E-state index in [1.54, 1.807) is 12.1 Å². The SMILES string of the molecule is CC12C=CC(CCO[Si](C)(C)C(C)(C)C)(O1)[C@@H]1C(=O)NC(=O)[C@@H]12.[C-]#[N+]c1ccc(N)c2ccccc12. The van der Waals surface area contributed by atoms with Crippen LogP contribution in [0.1, 0.15) is 34.1 Å². The molecule has 36 heavy (non-hydrogen) atoms. The van der Waals surface area contributed by atoms with E-state index in [2.05, 4.69) is 44.0 Å². The van der Waals surface area contributed by atoms with Crippen LogP contribution >= 0.6 is 0 Å². The van der Waals surface area contributed by atoms with Crippen LogP contribution in [0.25, 0.3) is 15.6 Å². The fourth-order valence-corrected chi connectivity index (χ4v) is 6.21. The van der Waals surface area contributed by atoms with E-state index in [1.165, 1.54) is 0 Å². The van der Waals surface area contributed by atoms with E-state index in [9.17, 15) is 9.59 Å². The van der Waals surface area contributed by atoms with E-state index in [0.717, 1.165) is 16.5 Å². The number of hydrogen-bond acceptors (Lipinski definition) is 5. The molecule has 2 amide bonds. The summed E-state index contributed by atoms with van der Waals surface area (Å²) in [5.41, 5.74) is 5.79. The summed E-state index contributed by atoms with van der Waals surface area (Å²) < 4.78 is 12.5. The number of fused-ring (bicyclic) bond motifs is 6. The maximum absolute atomic E-state index is 12.2. The zero-order valence-electron chi connectivity index (χ0n) is 21.8. The highest BCUT2D eigenvalue weighted by Gasteiger charge is 2.69. The number of benzene rings is 2. The minimum atomic E-state index is -1.84. The first-order chi connectivity index (χ1) is 16.7. The van der Waals surface area contributed by atoms with E-state index >= 15 is 0 Å². The smallest absolute Gasteiger partial charge is 0.233 e. The number of nitrogen functional groups attached to an aromatic ring is 1. The third-order valence-electron chi connectivity index (χ3n) is 8.21. The van der Waals surface area contributed by atoms with Gasteiger partial charge in [0.2, 0.25) is 11.8 Å². The van der Waals surface area contributed by atoms with Crippen molar-refractivity contribution < 1.29 is 18.8 Å². The molecule has 5 rings (SSSR count). The van der Waals surface area contributed by atoms with Crippen molar-refractivity contribution in [3.8, 4) is 0 Å². The molecule has 2 unspecified atom stereocenters. The van der Waals surface area contributed by atoms with Crippen molar-refractivity contribution in [3.05, 3.63) is 60.0 Å². The molecule has 4 atom stereocenters. The van der Waals surface area contributed by atoms with Crippen LogP contribution in [0.4, 0.5) is 11.4 Å². The highest BCUT2D eigenvalue weighted by molar-refractivity contribution is 6.74. The largest absolute Gasteiger partial charge is 0.417 e. The minimum Gasteiger partial charge on any atom is -0.417 e. The molecule has 0 aromatic heterocycles. The van der Waals surface area contributed by atoms with E-state index in [1.807, 2.05) is 43.3 Å². The van der Waals surface area contributed by atoms with Crippen LogP contribution < -0.4 is 11.1 Å². The first-order valence-electron chi connectivity index (χ1n) is 12.3. The molecule has 3 heterocycles. The van der Waals surface area contributed by atoms with Crippen LogP contribution in [0.5, 0.6) is 0 Å². The first-order valence-corrected chi connectivity index (χ1v) is 15.2. The van der Waals surface area contributed by atoms with Gasteiger partial charge in [0, 0.05) is 18.7 Å². The molecule has 3 N–H and O–H groups in total. The Morgan fingerprint density at radius 2 is 1.72 bits per heavy atom. The van der Waals surface area contributed by atoms with Gasteiger partial charge in [-0.05, 0) is 41.9 Å². The number of anilines is 1. The fourth-order valence-electron chi connectivity index (χ4n) is 5.17. The third kappa shape index (κ3) is 4.25. The van der Waals surface area contributed by atoms with E-state index in [0.29, 0.717) is 18.7 Å². The van der Waals surface area contributed by atoms with Crippen molar-refractivity contribution in [3.63, 3.8) is 0 Å². The Balaban J connectivity index is 0.000000197. The maximum Gasteiger partial charge on any atom is 0.233 e. The summed E-state index contributed by atoms with van der Waals surface area (Å²) in [5, 5.41) is 4.50. The minimum absolute atomic E-state index is 0.143. The van der Waals surface area contributed by atoms with Crippen molar-refractivity contribution in [2.75, 3.05) is 12.3 Å². The topological polar surface area (TPSA) is 95.0 Å². The molecule has 8 heteroatoms. The van der Waals surface area contributed by atoms with E-state index < -0.39 is 31.4 Å². The highest BCUT2D eigenvalue weighted by atomic mass is 28.4. The first kappa shape index (κ1) is 26.1. The predicted molar refractivity (Wildman–Crippen MR) is 144 cm³/mol. The van der Waals surface area contributed by atoms with E-state index in [4.69, 9.17) is 21.5 Å². The number of nitrogens with zero attached hydrogens (tertiary/aromatic N) is 1. The normalized spacial score (nSPS) is 28.5. The Bertz CT molecular complexity index is 1290. The molecule has 2 fully saturated rings. The molecule has 7 nitrogen and oxygen atoms in total. The number of carbonyl (C=O) groups excluding carboxylic acids is 2. The van der Waals surface area contributed by atoms with Crippen molar-refractivity contribution in [1.82, 2.24) is 5.32 Å². The van der Waals surface area contributed by atoms with Crippen molar-refractivity contribution in [2.45, 2.75) is 63.5 Å². The molecule has 3 aliphatic rings. The van der Waals surface area contributed by atoms with Crippen LogP contribution in [0.3, 0.4) is 0 Å². The van der Waals surface area contributed by atoms with Crippen LogP contribution in [0.2, 0.25) is 18.1 Å². The number of nitrogens with one attached hydrogen (secondary N) is 1. The molecule has 2 saturated heterocycles. The lowest BCUT2D eigenvalue weighted by atomic mass is 9.71. The molecule has 2 aromatic carbocycles. The monoisotopic (exact) mass is 505 g/mol. The molecule has 190 valence electrons. The summed E-state index contributed by atoms with van der Waals surface area (Å²) in [6.45, 7) is 20.4. The van der Waals surface area contributed by atoms with Crippen molar-refractivity contribution in [1.29, 1.82) is 0 Å². The third-order valence-corrected chi connectivity index (χ3v) is 12.8. The van der Waals surface area contributed by atoms with E-state index in [-0.39, 0.29) is 16.9 Å². The van der Waals surface area contributed by atoms with Gasteiger partial charge in [0.25, 0.3) is 0 Å². The Kier molecular flexibility index (Phi) is 6.40. The number of imide groups is 1. The average molecular weight is 506 g/mol. The average Bonchev–Trinajstić information content (AvgIpc) is 3.40. The Morgan fingerprint density at radius 3 is 2.36 bits per heavy atom. The number of nitrogens with two attached hydrogens (primary N) is 1. The van der Waals surface area contributed by atoms with Gasteiger partial charge in [-0.3, -0.25) is 14.9 Å². The summed E-state index contributed by atoms with van der Waals surface area (Å²) in [5.74, 6) is -1.25. The number of amides is 2. The second-order valence-electron chi connectivity index (χ2n) is 11.6.